The molecule has 0 atom stereocenters. The van der Waals surface area contributed by atoms with Gasteiger partial charge in [0.15, 0.2) is 11.6 Å². The predicted octanol–water partition coefficient (Wildman–Crippen LogP) is 2.75. The molecule has 6 heteroatoms. The summed E-state index contributed by atoms with van der Waals surface area (Å²) in [5.74, 6) is -0.298. The average molecular weight is 284 g/mol. The molecule has 0 aliphatic heterocycles. The van der Waals surface area contributed by atoms with Crippen molar-refractivity contribution >= 4 is 21.6 Å². The SMILES string of the molecule is Nc1cncnc1Oc1cc(Br)ccc1F. The molecule has 2 N–H and O–H groups in total. The number of aromatic nitrogens is 2. The third-order valence-electron chi connectivity index (χ3n) is 1.80. The summed E-state index contributed by atoms with van der Waals surface area (Å²) in [5.41, 5.74) is 5.82. The number of nitrogens with two attached hydrogens (primary N) is 1. The van der Waals surface area contributed by atoms with Crippen LogP contribution in [0, 0.1) is 5.82 Å². The maximum Gasteiger partial charge on any atom is 0.245 e. The zero-order valence-electron chi connectivity index (χ0n) is 8.02. The highest BCUT2D eigenvalue weighted by atomic mass is 79.9. The van der Waals surface area contributed by atoms with Crippen LogP contribution < -0.4 is 10.5 Å². The number of hydrogen-bond donors (Lipinski definition) is 1. The number of nitrogen functional groups attached to an aromatic ring is 1. The van der Waals surface area contributed by atoms with E-state index in [1.807, 2.05) is 0 Å². The first-order valence-electron chi connectivity index (χ1n) is 4.35. The van der Waals surface area contributed by atoms with E-state index in [-0.39, 0.29) is 17.3 Å². The quantitative estimate of drug-likeness (QED) is 0.921. The second kappa shape index (κ2) is 4.44. The van der Waals surface area contributed by atoms with E-state index in [1.54, 1.807) is 6.07 Å². The highest BCUT2D eigenvalue weighted by molar-refractivity contribution is 9.10. The van der Waals surface area contributed by atoms with Crippen LogP contribution in [-0.4, -0.2) is 9.97 Å². The zero-order chi connectivity index (χ0) is 11.5. The van der Waals surface area contributed by atoms with Crippen molar-refractivity contribution in [1.82, 2.24) is 9.97 Å². The molecule has 1 aromatic carbocycles. The van der Waals surface area contributed by atoms with E-state index in [9.17, 15) is 4.39 Å². The van der Waals surface area contributed by atoms with E-state index < -0.39 is 5.82 Å². The molecule has 0 amide bonds. The lowest BCUT2D eigenvalue weighted by Gasteiger charge is -2.07. The van der Waals surface area contributed by atoms with E-state index in [0.717, 1.165) is 0 Å². The molecule has 1 heterocycles. The average Bonchev–Trinajstić information content (AvgIpc) is 2.27. The van der Waals surface area contributed by atoms with Crippen LogP contribution in [-0.2, 0) is 0 Å². The summed E-state index contributed by atoms with van der Waals surface area (Å²) < 4.78 is 19.3. The summed E-state index contributed by atoms with van der Waals surface area (Å²) in [6, 6.07) is 4.36. The van der Waals surface area contributed by atoms with Crippen molar-refractivity contribution in [1.29, 1.82) is 0 Å². The molecular weight excluding hydrogens is 277 g/mol. The summed E-state index contributed by atoms with van der Waals surface area (Å²) in [6.07, 6.45) is 2.67. The van der Waals surface area contributed by atoms with Gasteiger partial charge in [0, 0.05) is 4.47 Å². The monoisotopic (exact) mass is 283 g/mol. The molecule has 0 unspecified atom stereocenters. The molecular formula is C10H7BrFN3O. The molecule has 16 heavy (non-hydrogen) atoms. The van der Waals surface area contributed by atoms with Crippen LogP contribution in [0.1, 0.15) is 0 Å². The van der Waals surface area contributed by atoms with Gasteiger partial charge in [-0.05, 0) is 18.2 Å². The highest BCUT2D eigenvalue weighted by Gasteiger charge is 2.08. The second-order valence-electron chi connectivity index (χ2n) is 2.96. The van der Waals surface area contributed by atoms with E-state index >= 15 is 0 Å². The Labute approximate surface area is 99.4 Å². The third kappa shape index (κ3) is 2.27. The number of rotatable bonds is 2. The number of anilines is 1. The van der Waals surface area contributed by atoms with Gasteiger partial charge >= 0.3 is 0 Å². The molecule has 2 rings (SSSR count). The van der Waals surface area contributed by atoms with Crippen LogP contribution in [0.15, 0.2) is 35.2 Å². The lowest BCUT2D eigenvalue weighted by Crippen LogP contribution is -1.97. The van der Waals surface area contributed by atoms with Crippen molar-refractivity contribution in [2.24, 2.45) is 0 Å². The maximum atomic E-state index is 13.4. The molecule has 0 aliphatic rings. The largest absolute Gasteiger partial charge is 0.434 e. The number of hydrogen-bond acceptors (Lipinski definition) is 4. The maximum absolute atomic E-state index is 13.4. The number of ether oxygens (including phenoxy) is 1. The molecule has 0 radical (unpaired) electrons. The second-order valence-corrected chi connectivity index (χ2v) is 3.88. The topological polar surface area (TPSA) is 61.0 Å². The summed E-state index contributed by atoms with van der Waals surface area (Å²) in [7, 11) is 0. The van der Waals surface area contributed by atoms with Gasteiger partial charge in [0.25, 0.3) is 0 Å². The Kier molecular flexibility index (Phi) is 3.00. The molecule has 4 nitrogen and oxygen atoms in total. The van der Waals surface area contributed by atoms with Crippen molar-refractivity contribution in [2.45, 2.75) is 0 Å². The van der Waals surface area contributed by atoms with Crippen LogP contribution in [0.2, 0.25) is 0 Å². The Balaban J connectivity index is 2.34. The van der Waals surface area contributed by atoms with Gasteiger partial charge in [-0.15, -0.1) is 0 Å². The van der Waals surface area contributed by atoms with Gasteiger partial charge in [-0.25, -0.2) is 9.37 Å². The van der Waals surface area contributed by atoms with Gasteiger partial charge in [0.1, 0.15) is 12.0 Å². The van der Waals surface area contributed by atoms with Crippen LogP contribution in [0.3, 0.4) is 0 Å². The summed E-state index contributed by atoms with van der Waals surface area (Å²) >= 11 is 3.22. The Hall–Kier alpha value is -1.69. The van der Waals surface area contributed by atoms with Crippen molar-refractivity contribution in [2.75, 3.05) is 5.73 Å². The van der Waals surface area contributed by atoms with E-state index in [1.165, 1.54) is 24.7 Å². The van der Waals surface area contributed by atoms with Crippen molar-refractivity contribution in [3.8, 4) is 11.6 Å². The van der Waals surface area contributed by atoms with Gasteiger partial charge in [-0.2, -0.15) is 4.98 Å². The Morgan fingerprint density at radius 1 is 1.38 bits per heavy atom. The van der Waals surface area contributed by atoms with Gasteiger partial charge < -0.3 is 10.5 Å². The van der Waals surface area contributed by atoms with Crippen LogP contribution in [0.5, 0.6) is 11.6 Å². The number of nitrogens with zero attached hydrogens (tertiary/aromatic N) is 2. The Morgan fingerprint density at radius 2 is 2.19 bits per heavy atom. The van der Waals surface area contributed by atoms with E-state index in [2.05, 4.69) is 25.9 Å². The molecule has 82 valence electrons. The number of halogens is 2. The molecule has 0 bridgehead atoms. The van der Waals surface area contributed by atoms with Gasteiger partial charge in [0.2, 0.25) is 5.88 Å². The van der Waals surface area contributed by atoms with Gasteiger partial charge in [0.05, 0.1) is 6.20 Å². The van der Waals surface area contributed by atoms with Crippen molar-refractivity contribution < 1.29 is 9.13 Å². The van der Waals surface area contributed by atoms with Crippen LogP contribution in [0.25, 0.3) is 0 Å². The van der Waals surface area contributed by atoms with Crippen LogP contribution in [0.4, 0.5) is 10.1 Å². The number of benzene rings is 1. The summed E-state index contributed by atoms with van der Waals surface area (Å²) in [4.78, 5) is 7.51. The molecule has 0 aliphatic carbocycles. The molecule has 1 aromatic heterocycles. The minimum atomic E-state index is -0.485. The Bertz CT molecular complexity index is 521. The zero-order valence-corrected chi connectivity index (χ0v) is 9.61. The van der Waals surface area contributed by atoms with E-state index in [4.69, 9.17) is 10.5 Å². The fourth-order valence-corrected chi connectivity index (χ4v) is 1.41. The molecule has 0 saturated carbocycles. The molecule has 0 fully saturated rings. The fourth-order valence-electron chi connectivity index (χ4n) is 1.07. The summed E-state index contributed by atoms with van der Waals surface area (Å²) in [5, 5.41) is 0. The van der Waals surface area contributed by atoms with Crippen molar-refractivity contribution in [3.05, 3.63) is 41.0 Å². The minimum Gasteiger partial charge on any atom is -0.434 e. The van der Waals surface area contributed by atoms with Crippen molar-refractivity contribution in [3.63, 3.8) is 0 Å². The lowest BCUT2D eigenvalue weighted by atomic mass is 10.3. The lowest BCUT2D eigenvalue weighted by molar-refractivity contribution is 0.428. The highest BCUT2D eigenvalue weighted by Crippen LogP contribution is 2.28. The third-order valence-corrected chi connectivity index (χ3v) is 2.30. The molecule has 2 aromatic rings. The predicted molar refractivity (Wildman–Crippen MR) is 60.6 cm³/mol. The normalized spacial score (nSPS) is 10.1. The standard InChI is InChI=1S/C10H7BrFN3O/c11-6-1-2-7(12)9(3-6)16-10-8(13)4-14-5-15-10/h1-5H,13H2. The smallest absolute Gasteiger partial charge is 0.245 e. The van der Waals surface area contributed by atoms with Gasteiger partial charge in [-0.3, -0.25) is 0 Å². The fraction of sp³-hybridized carbons (Fsp3) is 0. The molecule has 0 saturated heterocycles. The molecule has 0 spiro atoms. The van der Waals surface area contributed by atoms with Crippen LogP contribution >= 0.6 is 15.9 Å². The first-order valence-corrected chi connectivity index (χ1v) is 5.14. The first kappa shape index (κ1) is 10.8. The van der Waals surface area contributed by atoms with Gasteiger partial charge in [-0.1, -0.05) is 15.9 Å². The Morgan fingerprint density at radius 3 is 2.94 bits per heavy atom. The minimum absolute atomic E-state index is 0.0553. The van der Waals surface area contributed by atoms with E-state index in [0.29, 0.717) is 4.47 Å². The first-order chi connectivity index (χ1) is 7.66. The summed E-state index contributed by atoms with van der Waals surface area (Å²) in [6.45, 7) is 0.